The van der Waals surface area contributed by atoms with E-state index in [9.17, 15) is 0 Å². The molecular weight excluding hydrogens is 458 g/mol. The van der Waals surface area contributed by atoms with Gasteiger partial charge in [-0.25, -0.2) is 0 Å². The van der Waals surface area contributed by atoms with E-state index in [4.69, 9.17) is 28.2 Å². The Morgan fingerprint density at radius 1 is 0.969 bits per heavy atom. The van der Waals surface area contributed by atoms with E-state index in [1.807, 2.05) is 72.8 Å². The van der Waals surface area contributed by atoms with Gasteiger partial charge in [0.2, 0.25) is 0 Å². The summed E-state index contributed by atoms with van der Waals surface area (Å²) in [5, 5.41) is 5.70. The minimum atomic E-state index is -0.114. The quantitative estimate of drug-likeness (QED) is 0.313. The Balaban J connectivity index is 1.47. The highest BCUT2D eigenvalue weighted by molar-refractivity contribution is 7.99. The Bertz CT molecular complexity index is 1200. The van der Waals surface area contributed by atoms with Gasteiger partial charge in [0, 0.05) is 22.7 Å². The molecule has 0 saturated carbocycles. The molecule has 2 aromatic carbocycles. The lowest BCUT2D eigenvalue weighted by atomic mass is 10.0. The third kappa shape index (κ3) is 4.53. The molecule has 160 valence electrons. The van der Waals surface area contributed by atoms with Crippen LogP contribution in [0, 0.1) is 0 Å². The van der Waals surface area contributed by atoms with Crippen LogP contribution >= 0.6 is 35.6 Å². The summed E-state index contributed by atoms with van der Waals surface area (Å²) in [5.74, 6) is 0.848. The van der Waals surface area contributed by atoms with Gasteiger partial charge in [0.25, 0.3) is 0 Å². The van der Waals surface area contributed by atoms with Crippen molar-refractivity contribution in [2.75, 3.05) is 0 Å². The van der Waals surface area contributed by atoms with Gasteiger partial charge in [0.05, 0.1) is 11.7 Å². The van der Waals surface area contributed by atoms with Crippen LogP contribution in [-0.2, 0) is 6.54 Å². The largest absolute Gasteiger partial charge is 0.452 e. The number of thiocarbonyl (C=S) groups is 1. The van der Waals surface area contributed by atoms with Gasteiger partial charge in [-0.15, -0.1) is 0 Å². The first kappa shape index (κ1) is 21.1. The zero-order chi connectivity index (χ0) is 21.9. The number of hydrogen-bond donors (Lipinski definition) is 1. The number of aromatic nitrogens is 1. The number of halogens is 1. The molecule has 5 rings (SSSR count). The predicted molar refractivity (Wildman–Crippen MR) is 132 cm³/mol. The second-order valence-corrected chi connectivity index (χ2v) is 9.35. The smallest absolute Gasteiger partial charge is 0.170 e. The van der Waals surface area contributed by atoms with Gasteiger partial charge < -0.3 is 14.6 Å². The average molecular weight is 478 g/mol. The van der Waals surface area contributed by atoms with Crippen LogP contribution in [-0.4, -0.2) is 15.0 Å². The molecule has 4 nitrogen and oxygen atoms in total. The molecule has 0 radical (unpaired) electrons. The van der Waals surface area contributed by atoms with Crippen molar-refractivity contribution in [1.29, 1.82) is 0 Å². The van der Waals surface area contributed by atoms with Crippen LogP contribution in [0.2, 0.25) is 5.02 Å². The molecule has 0 amide bonds. The Hall–Kier alpha value is -2.80. The van der Waals surface area contributed by atoms with Crippen LogP contribution in [0.15, 0.2) is 106 Å². The molecule has 1 aliphatic heterocycles. The lowest BCUT2D eigenvalue weighted by Crippen LogP contribution is -2.28. The topological polar surface area (TPSA) is 41.3 Å². The monoisotopic (exact) mass is 477 g/mol. The average Bonchev–Trinajstić information content (AvgIpc) is 3.41. The first-order valence-electron chi connectivity index (χ1n) is 10.2. The van der Waals surface area contributed by atoms with E-state index >= 15 is 0 Å². The fraction of sp³-hybridized carbons (Fsp3) is 0.120. The third-order valence-electron chi connectivity index (χ3n) is 5.32. The summed E-state index contributed by atoms with van der Waals surface area (Å²) < 4.78 is 6.33. The first-order chi connectivity index (χ1) is 15.7. The second kappa shape index (κ2) is 9.36. The first-order valence-corrected chi connectivity index (χ1v) is 11.8. The predicted octanol–water partition coefficient (Wildman–Crippen LogP) is 6.65. The van der Waals surface area contributed by atoms with Gasteiger partial charge in [-0.05, 0) is 66.3 Å². The molecular formula is C25H20ClN3OS2. The minimum Gasteiger partial charge on any atom is -0.452 e. The fourth-order valence-electron chi connectivity index (χ4n) is 3.83. The number of nitrogens with one attached hydrogen (secondary N) is 1. The summed E-state index contributed by atoms with van der Waals surface area (Å²) in [6.07, 6.45) is 1.81. The summed E-state index contributed by atoms with van der Waals surface area (Å²) >= 11 is 13.3. The molecule has 0 unspecified atom stereocenters. The normalized spacial score (nSPS) is 18.0. The number of furan rings is 1. The highest BCUT2D eigenvalue weighted by Gasteiger charge is 2.41. The molecule has 4 aromatic rings. The Morgan fingerprint density at radius 3 is 2.50 bits per heavy atom. The molecule has 1 aliphatic rings. The molecule has 1 saturated heterocycles. The van der Waals surface area contributed by atoms with Crippen LogP contribution in [0.1, 0.15) is 29.1 Å². The number of benzene rings is 2. The summed E-state index contributed by atoms with van der Waals surface area (Å²) in [7, 11) is 0. The van der Waals surface area contributed by atoms with Crippen LogP contribution < -0.4 is 5.32 Å². The summed E-state index contributed by atoms with van der Waals surface area (Å²) in [6, 6.07) is 27.8. The van der Waals surface area contributed by atoms with Gasteiger partial charge in [0.15, 0.2) is 10.2 Å². The van der Waals surface area contributed by atoms with E-state index in [1.165, 1.54) is 5.56 Å². The zero-order valence-electron chi connectivity index (χ0n) is 17.0. The van der Waals surface area contributed by atoms with E-state index in [1.54, 1.807) is 18.0 Å². The molecule has 0 aliphatic carbocycles. The van der Waals surface area contributed by atoms with E-state index < -0.39 is 0 Å². The Labute approximate surface area is 201 Å². The fourth-order valence-corrected chi connectivity index (χ4v) is 5.04. The maximum Gasteiger partial charge on any atom is 0.170 e. The van der Waals surface area contributed by atoms with Crippen molar-refractivity contribution in [3.8, 4) is 0 Å². The van der Waals surface area contributed by atoms with Crippen molar-refractivity contribution in [1.82, 2.24) is 15.2 Å². The molecule has 1 fully saturated rings. The molecule has 2 atom stereocenters. The molecule has 0 spiro atoms. The van der Waals surface area contributed by atoms with Crippen LogP contribution in [0.4, 0.5) is 0 Å². The number of pyridine rings is 1. The third-order valence-corrected chi connectivity index (χ3v) is 6.85. The minimum absolute atomic E-state index is 0.105. The van der Waals surface area contributed by atoms with Crippen molar-refractivity contribution < 1.29 is 4.42 Å². The lowest BCUT2D eigenvalue weighted by molar-refractivity contribution is 0.254. The SMILES string of the molecule is S=C1N[C@@H](c2ccccn2)[C@@H](c2ccc(Sc3ccc(Cl)cc3)o2)N1Cc1ccccc1. The summed E-state index contributed by atoms with van der Waals surface area (Å²) in [6.45, 7) is 0.682. The maximum absolute atomic E-state index is 6.33. The number of hydrogen-bond acceptors (Lipinski definition) is 4. The van der Waals surface area contributed by atoms with Crippen molar-refractivity contribution in [2.24, 2.45) is 0 Å². The summed E-state index contributed by atoms with van der Waals surface area (Å²) in [4.78, 5) is 7.83. The highest BCUT2D eigenvalue weighted by atomic mass is 35.5. The zero-order valence-corrected chi connectivity index (χ0v) is 19.4. The lowest BCUT2D eigenvalue weighted by Gasteiger charge is -2.26. The summed E-state index contributed by atoms with van der Waals surface area (Å²) in [5.41, 5.74) is 2.12. The van der Waals surface area contributed by atoms with Gasteiger partial charge in [-0.3, -0.25) is 4.98 Å². The van der Waals surface area contributed by atoms with E-state index in [0.29, 0.717) is 11.7 Å². The van der Waals surface area contributed by atoms with Crippen molar-refractivity contribution >= 4 is 40.7 Å². The Kier molecular flexibility index (Phi) is 6.17. The Morgan fingerprint density at radius 2 is 1.75 bits per heavy atom. The molecule has 32 heavy (non-hydrogen) atoms. The molecule has 3 heterocycles. The molecule has 2 aromatic heterocycles. The highest BCUT2D eigenvalue weighted by Crippen LogP contribution is 2.41. The molecule has 0 bridgehead atoms. The van der Waals surface area contributed by atoms with Crippen molar-refractivity contribution in [3.63, 3.8) is 0 Å². The molecule has 7 heteroatoms. The van der Waals surface area contributed by atoms with Crippen LogP contribution in [0.25, 0.3) is 0 Å². The van der Waals surface area contributed by atoms with Crippen LogP contribution in [0.5, 0.6) is 0 Å². The van der Waals surface area contributed by atoms with Crippen molar-refractivity contribution in [3.05, 3.63) is 113 Å². The van der Waals surface area contributed by atoms with Gasteiger partial charge in [0.1, 0.15) is 11.8 Å². The maximum atomic E-state index is 6.33. The van der Waals surface area contributed by atoms with Crippen LogP contribution in [0.3, 0.4) is 0 Å². The molecule has 1 N–H and O–H groups in total. The number of rotatable bonds is 6. The van der Waals surface area contributed by atoms with E-state index in [-0.39, 0.29) is 12.1 Å². The van der Waals surface area contributed by atoms with Gasteiger partial charge in [-0.2, -0.15) is 0 Å². The number of nitrogens with zero attached hydrogens (tertiary/aromatic N) is 2. The second-order valence-electron chi connectivity index (χ2n) is 7.45. The standard InChI is InChI=1S/C25H20ClN3OS2/c26-18-9-11-19(12-10-18)32-22-14-13-21(30-22)24-23(20-8-4-5-15-27-20)28-25(31)29(24)16-17-6-2-1-3-7-17/h1-15,23-24H,16H2,(H,28,31)/t23-,24+/m0/s1. The van der Waals surface area contributed by atoms with Gasteiger partial charge in [-0.1, -0.05) is 59.8 Å². The van der Waals surface area contributed by atoms with Crippen molar-refractivity contribution in [2.45, 2.75) is 28.6 Å². The van der Waals surface area contributed by atoms with E-state index in [0.717, 1.165) is 26.5 Å². The van der Waals surface area contributed by atoms with E-state index in [2.05, 4.69) is 27.3 Å². The van der Waals surface area contributed by atoms with Gasteiger partial charge >= 0.3 is 0 Å².